The van der Waals surface area contributed by atoms with E-state index in [9.17, 15) is 13.5 Å². The Morgan fingerprint density at radius 3 is 2.57 bits per heavy atom. The van der Waals surface area contributed by atoms with Crippen LogP contribution in [0.15, 0.2) is 58.4 Å². The molecule has 0 radical (unpaired) electrons. The summed E-state index contributed by atoms with van der Waals surface area (Å²) in [5.41, 5.74) is 1.21. The molecule has 0 spiro atoms. The number of rotatable bonds is 4. The van der Waals surface area contributed by atoms with Gasteiger partial charge in [-0.2, -0.15) is 0 Å². The van der Waals surface area contributed by atoms with Gasteiger partial charge in [-0.05, 0) is 29.8 Å². The lowest BCUT2D eigenvalue weighted by molar-refractivity contribution is 0.187. The second-order valence-electron chi connectivity index (χ2n) is 5.08. The molecule has 0 bridgehead atoms. The Labute approximate surface area is 134 Å². The Hall–Kier alpha value is -2.38. The molecule has 2 aromatic carbocycles. The predicted octanol–water partition coefficient (Wildman–Crippen LogP) is 1.47. The molecule has 23 heavy (non-hydrogen) atoms. The molecule has 1 aliphatic heterocycles. The zero-order valence-electron chi connectivity index (χ0n) is 12.4. The molecule has 1 atom stereocenters. The van der Waals surface area contributed by atoms with Crippen LogP contribution in [0.3, 0.4) is 0 Å². The highest BCUT2D eigenvalue weighted by Crippen LogP contribution is 2.23. The molecule has 0 aromatic heterocycles. The summed E-state index contributed by atoms with van der Waals surface area (Å²) in [7, 11) is -1.98. The van der Waals surface area contributed by atoms with Gasteiger partial charge in [0.1, 0.15) is 11.6 Å². The number of methoxy groups -OCH3 is 1. The summed E-state index contributed by atoms with van der Waals surface area (Å²) in [6.45, 7) is 0.0541. The van der Waals surface area contributed by atoms with Gasteiger partial charge in [0.15, 0.2) is 0 Å². The van der Waals surface area contributed by atoms with Gasteiger partial charge in [-0.3, -0.25) is 9.71 Å². The van der Waals surface area contributed by atoms with E-state index >= 15 is 0 Å². The average Bonchev–Trinajstić information content (AvgIpc) is 2.84. The molecule has 1 aliphatic rings. The molecule has 0 saturated heterocycles. The summed E-state index contributed by atoms with van der Waals surface area (Å²) in [5.74, 6) is 0.956. The van der Waals surface area contributed by atoms with Crippen LogP contribution in [0.5, 0.6) is 5.75 Å². The van der Waals surface area contributed by atoms with Gasteiger partial charge in [0.2, 0.25) is 0 Å². The van der Waals surface area contributed by atoms with Crippen LogP contribution < -0.4 is 9.46 Å². The molecule has 6 nitrogen and oxygen atoms in total. The number of fused-ring (bicyclic) bond motifs is 1. The highest BCUT2D eigenvalue weighted by atomic mass is 32.2. The smallest absolute Gasteiger partial charge is 0.263 e. The van der Waals surface area contributed by atoms with Crippen LogP contribution in [-0.4, -0.2) is 33.0 Å². The predicted molar refractivity (Wildman–Crippen MR) is 86.1 cm³/mol. The highest BCUT2D eigenvalue weighted by molar-refractivity contribution is 7.90. The van der Waals surface area contributed by atoms with Crippen molar-refractivity contribution in [2.45, 2.75) is 11.0 Å². The van der Waals surface area contributed by atoms with Gasteiger partial charge >= 0.3 is 0 Å². The molecular formula is C16H16N2O4S. The van der Waals surface area contributed by atoms with E-state index in [4.69, 9.17) is 4.74 Å². The van der Waals surface area contributed by atoms with E-state index in [1.807, 2.05) is 0 Å². The van der Waals surface area contributed by atoms with Gasteiger partial charge in [0.25, 0.3) is 10.0 Å². The van der Waals surface area contributed by atoms with E-state index in [0.717, 1.165) is 0 Å². The molecule has 0 amide bonds. The molecular weight excluding hydrogens is 316 g/mol. The first-order valence-electron chi connectivity index (χ1n) is 7.00. The van der Waals surface area contributed by atoms with Crippen molar-refractivity contribution in [3.63, 3.8) is 0 Å². The fourth-order valence-electron chi connectivity index (χ4n) is 2.36. The minimum absolute atomic E-state index is 0.0541. The molecule has 120 valence electrons. The van der Waals surface area contributed by atoms with Crippen molar-refractivity contribution in [2.24, 2.45) is 4.99 Å². The number of ether oxygens (including phenoxy) is 1. The second-order valence-corrected chi connectivity index (χ2v) is 6.73. The Kier molecular flexibility index (Phi) is 4.06. The molecule has 3 rings (SSSR count). The van der Waals surface area contributed by atoms with Gasteiger partial charge in [-0.1, -0.05) is 24.3 Å². The minimum atomic E-state index is -3.56. The molecule has 1 heterocycles. The summed E-state index contributed by atoms with van der Waals surface area (Å²) >= 11 is 0. The number of aliphatic hydroxyl groups is 1. The van der Waals surface area contributed by atoms with Crippen LogP contribution in [0, 0.1) is 0 Å². The van der Waals surface area contributed by atoms with Crippen molar-refractivity contribution in [1.82, 2.24) is 4.72 Å². The van der Waals surface area contributed by atoms with E-state index in [1.54, 1.807) is 49.6 Å². The monoisotopic (exact) mass is 332 g/mol. The van der Waals surface area contributed by atoms with Crippen molar-refractivity contribution in [1.29, 1.82) is 0 Å². The number of hydrogen-bond acceptors (Lipinski definition) is 5. The van der Waals surface area contributed by atoms with Gasteiger partial charge in [0, 0.05) is 5.56 Å². The minimum Gasteiger partial charge on any atom is -0.497 e. The average molecular weight is 332 g/mol. The standard InChI is InChI=1S/C16H16N2O4S/c1-22-12-8-6-11(7-9-12)14(19)10-17-16-13-4-2-3-5-15(13)23(20,21)18-16/h2-9,14,19H,10H2,1H3,(H,17,18)/t14-/m1/s1. The van der Waals surface area contributed by atoms with Crippen LogP contribution in [0.4, 0.5) is 0 Å². The Morgan fingerprint density at radius 1 is 1.17 bits per heavy atom. The molecule has 0 unspecified atom stereocenters. The number of amidine groups is 1. The SMILES string of the molecule is COc1ccc([C@H](O)CN=C2NS(=O)(=O)c3ccccc32)cc1. The van der Waals surface area contributed by atoms with E-state index in [1.165, 1.54) is 6.07 Å². The van der Waals surface area contributed by atoms with Crippen molar-refractivity contribution >= 4 is 15.9 Å². The van der Waals surface area contributed by atoms with Crippen molar-refractivity contribution in [3.8, 4) is 5.75 Å². The maximum Gasteiger partial charge on any atom is 0.263 e. The Balaban J connectivity index is 1.80. The first kappa shape index (κ1) is 15.5. The third-order valence-electron chi connectivity index (χ3n) is 3.59. The number of sulfonamides is 1. The fourth-order valence-corrected chi connectivity index (χ4v) is 3.61. The van der Waals surface area contributed by atoms with Crippen LogP contribution in [0.25, 0.3) is 0 Å². The van der Waals surface area contributed by atoms with E-state index in [2.05, 4.69) is 9.71 Å². The lowest BCUT2D eigenvalue weighted by Gasteiger charge is -2.09. The number of aliphatic hydroxyl groups excluding tert-OH is 1. The van der Waals surface area contributed by atoms with Crippen molar-refractivity contribution in [2.75, 3.05) is 13.7 Å². The maximum atomic E-state index is 12.0. The molecule has 0 aliphatic carbocycles. The first-order valence-corrected chi connectivity index (χ1v) is 8.48. The highest BCUT2D eigenvalue weighted by Gasteiger charge is 2.30. The summed E-state index contributed by atoms with van der Waals surface area (Å²) < 4.78 is 31.4. The molecule has 2 N–H and O–H groups in total. The largest absolute Gasteiger partial charge is 0.497 e. The Morgan fingerprint density at radius 2 is 1.87 bits per heavy atom. The van der Waals surface area contributed by atoms with Crippen molar-refractivity contribution in [3.05, 3.63) is 59.7 Å². The fraction of sp³-hybridized carbons (Fsp3) is 0.188. The van der Waals surface area contributed by atoms with Crippen LogP contribution in [0.1, 0.15) is 17.2 Å². The van der Waals surface area contributed by atoms with Gasteiger partial charge in [-0.15, -0.1) is 0 Å². The molecule has 0 saturated carbocycles. The number of benzene rings is 2. The third-order valence-corrected chi connectivity index (χ3v) is 4.98. The zero-order chi connectivity index (χ0) is 16.4. The quantitative estimate of drug-likeness (QED) is 0.887. The Bertz CT molecular complexity index is 845. The third kappa shape index (κ3) is 3.06. The summed E-state index contributed by atoms with van der Waals surface area (Å²) in [6.07, 6.45) is -0.828. The number of aliphatic imine (C=N–C) groups is 1. The number of hydrogen-bond donors (Lipinski definition) is 2. The molecule has 0 fully saturated rings. The van der Waals surface area contributed by atoms with Crippen LogP contribution in [0.2, 0.25) is 0 Å². The molecule has 2 aromatic rings. The first-order chi connectivity index (χ1) is 11.0. The lowest BCUT2D eigenvalue weighted by atomic mass is 10.1. The van der Waals surface area contributed by atoms with Crippen LogP contribution in [-0.2, 0) is 10.0 Å². The topological polar surface area (TPSA) is 88.0 Å². The van der Waals surface area contributed by atoms with E-state index in [-0.39, 0.29) is 17.3 Å². The molecule has 7 heteroatoms. The van der Waals surface area contributed by atoms with Gasteiger partial charge < -0.3 is 9.84 Å². The van der Waals surface area contributed by atoms with E-state index in [0.29, 0.717) is 16.9 Å². The normalized spacial score (nSPS) is 18.3. The second kappa shape index (κ2) is 6.02. The van der Waals surface area contributed by atoms with Gasteiger partial charge in [-0.25, -0.2) is 8.42 Å². The number of nitrogens with one attached hydrogen (secondary N) is 1. The summed E-state index contributed by atoms with van der Waals surface area (Å²) in [4.78, 5) is 4.43. The van der Waals surface area contributed by atoms with Gasteiger partial charge in [0.05, 0.1) is 24.7 Å². The summed E-state index contributed by atoms with van der Waals surface area (Å²) in [5, 5.41) is 10.2. The van der Waals surface area contributed by atoms with Crippen LogP contribution >= 0.6 is 0 Å². The maximum absolute atomic E-state index is 12.0. The van der Waals surface area contributed by atoms with E-state index < -0.39 is 16.1 Å². The summed E-state index contributed by atoms with van der Waals surface area (Å²) in [6, 6.07) is 13.6. The lowest BCUT2D eigenvalue weighted by Crippen LogP contribution is -2.23. The number of nitrogens with zero attached hydrogens (tertiary/aromatic N) is 1. The van der Waals surface area contributed by atoms with Crippen molar-refractivity contribution < 1.29 is 18.3 Å². The zero-order valence-corrected chi connectivity index (χ0v) is 13.2.